The molecule has 1 aromatic carbocycles. The Morgan fingerprint density at radius 2 is 1.74 bits per heavy atom. The van der Waals surface area contributed by atoms with E-state index in [2.05, 4.69) is 0 Å². The van der Waals surface area contributed by atoms with Crippen LogP contribution in [0.15, 0.2) is 35.9 Å². The van der Waals surface area contributed by atoms with E-state index in [1.54, 1.807) is 27.7 Å². The Labute approximate surface area is 219 Å². The van der Waals surface area contributed by atoms with E-state index >= 15 is 0 Å². The van der Waals surface area contributed by atoms with Gasteiger partial charge in [0.25, 0.3) is 0 Å². The highest BCUT2D eigenvalue weighted by Crippen LogP contribution is 2.44. The molecule has 2 unspecified atom stereocenters. The fraction of sp³-hybridized carbons (Fsp3) is 0.538. The van der Waals surface area contributed by atoms with Gasteiger partial charge >= 0.3 is 5.97 Å². The predicted octanol–water partition coefficient (Wildman–Crippen LogP) is 0.405. The third-order valence-electron chi connectivity index (χ3n) is 6.94. The van der Waals surface area contributed by atoms with Gasteiger partial charge in [0.1, 0.15) is 36.6 Å². The number of carbonyl (C=O) groups excluding carboxylic acids is 2. The van der Waals surface area contributed by atoms with Crippen molar-refractivity contribution in [3.63, 3.8) is 0 Å². The minimum absolute atomic E-state index is 0.0908. The molecule has 7 atom stereocenters. The van der Waals surface area contributed by atoms with Crippen LogP contribution in [0.25, 0.3) is 0 Å². The average molecular weight is 539 g/mol. The minimum atomic E-state index is -1.71. The van der Waals surface area contributed by atoms with Crippen molar-refractivity contribution in [2.75, 3.05) is 6.61 Å². The lowest BCUT2D eigenvalue weighted by molar-refractivity contribution is -0.306. The molecule has 12 nitrogen and oxygen atoms in total. The van der Waals surface area contributed by atoms with Gasteiger partial charge in [0.05, 0.1) is 11.7 Å². The molecule has 0 aromatic heterocycles. The van der Waals surface area contributed by atoms with Crippen molar-refractivity contribution in [3.8, 4) is 17.2 Å². The first-order valence-corrected chi connectivity index (χ1v) is 12.0. The van der Waals surface area contributed by atoms with E-state index in [0.29, 0.717) is 5.57 Å². The summed E-state index contributed by atoms with van der Waals surface area (Å²) >= 11 is 0. The van der Waals surface area contributed by atoms with Crippen molar-refractivity contribution in [1.29, 1.82) is 0 Å². The summed E-state index contributed by atoms with van der Waals surface area (Å²) in [6, 6.07) is 1.73. The molecular formula is C26H34O12. The van der Waals surface area contributed by atoms with Crippen LogP contribution in [0.3, 0.4) is 0 Å². The molecule has 0 spiro atoms. The van der Waals surface area contributed by atoms with Gasteiger partial charge in [0.2, 0.25) is 0 Å². The van der Waals surface area contributed by atoms with Crippen molar-refractivity contribution >= 4 is 11.8 Å². The molecule has 38 heavy (non-hydrogen) atoms. The maximum Gasteiger partial charge on any atom is 0.338 e. The molecule has 2 aliphatic rings. The third kappa shape index (κ3) is 5.85. The van der Waals surface area contributed by atoms with Crippen LogP contribution in [-0.2, 0) is 19.0 Å². The average Bonchev–Trinajstić information content (AvgIpc) is 2.83. The summed E-state index contributed by atoms with van der Waals surface area (Å²) in [6.07, 6.45) is -4.04. The van der Waals surface area contributed by atoms with E-state index < -0.39 is 77.7 Å². The maximum atomic E-state index is 12.3. The number of esters is 1. The molecule has 0 bridgehead atoms. The number of phenolic OH excluding ortho intramolecular Hbond substituents is 3. The Hall–Kier alpha value is -3.00. The Balaban J connectivity index is 1.67. The topological polar surface area (TPSA) is 203 Å². The summed E-state index contributed by atoms with van der Waals surface area (Å²) in [7, 11) is 0. The number of aliphatic hydroxyl groups excluding tert-OH is 3. The fourth-order valence-electron chi connectivity index (χ4n) is 4.53. The molecule has 7 N–H and O–H groups in total. The molecule has 210 valence electrons. The lowest BCUT2D eigenvalue weighted by Gasteiger charge is -2.44. The number of phenols is 3. The van der Waals surface area contributed by atoms with Gasteiger partial charge in [0, 0.05) is 11.8 Å². The van der Waals surface area contributed by atoms with E-state index in [4.69, 9.17) is 14.2 Å². The van der Waals surface area contributed by atoms with Gasteiger partial charge in [-0.15, -0.1) is 0 Å². The monoisotopic (exact) mass is 538 g/mol. The number of hydrogen-bond acceptors (Lipinski definition) is 12. The molecule has 1 fully saturated rings. The number of carbonyl (C=O) groups is 2. The molecule has 1 saturated heterocycles. The molecule has 1 aromatic rings. The summed E-state index contributed by atoms with van der Waals surface area (Å²) in [5.74, 6) is -3.44. The zero-order chi connectivity index (χ0) is 28.6. The maximum absolute atomic E-state index is 12.3. The Morgan fingerprint density at radius 1 is 1.13 bits per heavy atom. The molecule has 1 aliphatic heterocycles. The number of ether oxygens (including phenoxy) is 3. The highest BCUT2D eigenvalue weighted by molar-refractivity contribution is 5.93. The van der Waals surface area contributed by atoms with Crippen molar-refractivity contribution in [3.05, 3.63) is 41.5 Å². The molecule has 1 aliphatic carbocycles. The van der Waals surface area contributed by atoms with E-state index in [1.807, 2.05) is 0 Å². The van der Waals surface area contributed by atoms with Crippen LogP contribution in [0.1, 0.15) is 44.5 Å². The van der Waals surface area contributed by atoms with Crippen molar-refractivity contribution in [2.24, 2.45) is 5.41 Å². The second-order valence-corrected chi connectivity index (χ2v) is 10.3. The normalized spacial score (nSPS) is 32.2. The van der Waals surface area contributed by atoms with E-state index in [1.165, 1.54) is 18.2 Å². The Bertz CT molecular complexity index is 1100. The quantitative estimate of drug-likeness (QED) is 0.143. The number of benzene rings is 1. The van der Waals surface area contributed by atoms with Crippen LogP contribution in [0.2, 0.25) is 0 Å². The predicted molar refractivity (Wildman–Crippen MR) is 130 cm³/mol. The number of aromatic hydroxyl groups is 3. The summed E-state index contributed by atoms with van der Waals surface area (Å²) in [6.45, 7) is 6.16. The van der Waals surface area contributed by atoms with Gasteiger partial charge in [-0.1, -0.05) is 19.9 Å². The lowest BCUT2D eigenvalue weighted by atomic mass is 9.64. The van der Waals surface area contributed by atoms with E-state index in [9.17, 15) is 45.3 Å². The van der Waals surface area contributed by atoms with Crippen molar-refractivity contribution < 1.29 is 59.5 Å². The van der Waals surface area contributed by atoms with Gasteiger partial charge in [-0.25, -0.2) is 4.79 Å². The summed E-state index contributed by atoms with van der Waals surface area (Å²) in [5.41, 5.74) is -2.06. The van der Waals surface area contributed by atoms with Crippen LogP contribution < -0.4 is 0 Å². The highest BCUT2D eigenvalue weighted by Gasteiger charge is 2.47. The van der Waals surface area contributed by atoms with Crippen molar-refractivity contribution in [1.82, 2.24) is 0 Å². The number of aliphatic hydroxyl groups is 4. The van der Waals surface area contributed by atoms with Crippen LogP contribution in [0.4, 0.5) is 0 Å². The Kier molecular flexibility index (Phi) is 8.56. The first-order chi connectivity index (χ1) is 17.6. The number of ketones is 1. The van der Waals surface area contributed by atoms with Crippen molar-refractivity contribution in [2.45, 2.75) is 76.5 Å². The van der Waals surface area contributed by atoms with Gasteiger partial charge in [-0.3, -0.25) is 4.79 Å². The van der Waals surface area contributed by atoms with Crippen LogP contribution in [0, 0.1) is 5.41 Å². The molecule has 0 amide bonds. The molecule has 0 radical (unpaired) electrons. The SMILES string of the molecule is CC1=CC(=O)CC(C)(C)C1(O)/C=C/C(C)O[C@@H]1O[C@H](COC(=O)c2cc(O)c(O)c(O)c2)[C@@H](O)[C@H](O)[C@H]1O. The molecule has 0 saturated carbocycles. The Morgan fingerprint density at radius 3 is 2.32 bits per heavy atom. The first-order valence-electron chi connectivity index (χ1n) is 12.0. The summed E-state index contributed by atoms with van der Waals surface area (Å²) in [5, 5.41) is 70.8. The second kappa shape index (κ2) is 11.0. The molecular weight excluding hydrogens is 504 g/mol. The highest BCUT2D eigenvalue weighted by atomic mass is 16.7. The fourth-order valence-corrected chi connectivity index (χ4v) is 4.53. The minimum Gasteiger partial charge on any atom is -0.504 e. The third-order valence-corrected chi connectivity index (χ3v) is 6.94. The zero-order valence-corrected chi connectivity index (χ0v) is 21.4. The van der Waals surface area contributed by atoms with Crippen LogP contribution >= 0.6 is 0 Å². The largest absolute Gasteiger partial charge is 0.504 e. The lowest BCUT2D eigenvalue weighted by Crippen LogP contribution is -2.59. The summed E-state index contributed by atoms with van der Waals surface area (Å²) in [4.78, 5) is 24.2. The van der Waals surface area contributed by atoms with Gasteiger partial charge in [-0.2, -0.15) is 0 Å². The van der Waals surface area contributed by atoms with Crippen LogP contribution in [0.5, 0.6) is 17.2 Å². The zero-order valence-electron chi connectivity index (χ0n) is 21.4. The molecule has 3 rings (SSSR count). The number of rotatable bonds is 7. The van der Waals surface area contributed by atoms with E-state index in [-0.39, 0.29) is 17.8 Å². The van der Waals surface area contributed by atoms with E-state index in [0.717, 1.165) is 12.1 Å². The smallest absolute Gasteiger partial charge is 0.338 e. The number of allylic oxidation sites excluding steroid dienone is 1. The second-order valence-electron chi connectivity index (χ2n) is 10.3. The van der Waals surface area contributed by atoms with Gasteiger partial charge in [0.15, 0.2) is 29.3 Å². The molecule has 12 heteroatoms. The standard InChI is InChI=1S/C26H34O12/c1-12-7-15(27)10-25(3,4)26(12,35)6-5-13(2)37-24-22(33)21(32)20(31)18(38-24)11-36-23(34)14-8-16(28)19(30)17(29)9-14/h5-9,13,18,20-22,24,28-33,35H,10-11H2,1-4H3/b6-5+/t13?,18-,20-,21+,22-,24-,26?/m1/s1. The number of hydrogen-bond donors (Lipinski definition) is 7. The first kappa shape index (κ1) is 29.6. The van der Waals surface area contributed by atoms with Gasteiger partial charge in [-0.05, 0) is 43.7 Å². The van der Waals surface area contributed by atoms with Gasteiger partial charge < -0.3 is 50.0 Å². The molecule has 1 heterocycles. The van der Waals surface area contributed by atoms with Crippen LogP contribution in [-0.4, -0.2) is 96.5 Å². The summed E-state index contributed by atoms with van der Waals surface area (Å²) < 4.78 is 16.3.